The van der Waals surface area contributed by atoms with Gasteiger partial charge in [-0.2, -0.15) is 0 Å². The third-order valence-electron chi connectivity index (χ3n) is 3.79. The van der Waals surface area contributed by atoms with Gasteiger partial charge in [0.15, 0.2) is 0 Å². The molecule has 0 radical (unpaired) electrons. The van der Waals surface area contributed by atoms with E-state index in [4.69, 9.17) is 11.6 Å². The van der Waals surface area contributed by atoms with E-state index in [1.54, 1.807) is 42.3 Å². The van der Waals surface area contributed by atoms with Crippen molar-refractivity contribution in [3.05, 3.63) is 70.2 Å². The Morgan fingerprint density at radius 3 is 2.26 bits per heavy atom. The summed E-state index contributed by atoms with van der Waals surface area (Å²) < 4.78 is 4.64. The molecule has 23 heavy (non-hydrogen) atoms. The largest absolute Gasteiger partial charge is 0.465 e. The van der Waals surface area contributed by atoms with Crippen LogP contribution in [-0.2, 0) is 4.74 Å². The highest BCUT2D eigenvalue weighted by molar-refractivity contribution is 6.30. The first-order valence-corrected chi connectivity index (χ1v) is 7.53. The molecular formula is C18H18ClNO3. The zero-order valence-corrected chi connectivity index (χ0v) is 14.0. The molecule has 1 amide bonds. The first kappa shape index (κ1) is 17.0. The van der Waals surface area contributed by atoms with Gasteiger partial charge in [0.2, 0.25) is 0 Å². The molecule has 0 aliphatic rings. The third kappa shape index (κ3) is 3.90. The van der Waals surface area contributed by atoms with Gasteiger partial charge in [0.1, 0.15) is 0 Å². The van der Waals surface area contributed by atoms with E-state index in [9.17, 15) is 9.59 Å². The second-order valence-electron chi connectivity index (χ2n) is 5.22. The van der Waals surface area contributed by atoms with Crippen LogP contribution >= 0.6 is 11.6 Å². The van der Waals surface area contributed by atoms with Gasteiger partial charge in [-0.25, -0.2) is 4.79 Å². The fraction of sp³-hybridized carbons (Fsp3) is 0.222. The molecule has 2 aromatic carbocycles. The molecule has 0 fully saturated rings. The zero-order valence-electron chi connectivity index (χ0n) is 13.2. The minimum Gasteiger partial charge on any atom is -0.465 e. The molecular weight excluding hydrogens is 314 g/mol. The Hall–Kier alpha value is -2.33. The summed E-state index contributed by atoms with van der Waals surface area (Å²) in [5.41, 5.74) is 1.88. The number of ether oxygens (including phenoxy) is 1. The molecule has 2 aromatic rings. The molecule has 4 nitrogen and oxygen atoms in total. The predicted molar refractivity (Wildman–Crippen MR) is 89.7 cm³/mol. The van der Waals surface area contributed by atoms with Crippen LogP contribution in [0.3, 0.4) is 0 Å². The Balaban J connectivity index is 2.17. The van der Waals surface area contributed by atoms with Crippen LogP contribution in [0, 0.1) is 0 Å². The lowest BCUT2D eigenvalue weighted by atomic mass is 10.1. The maximum Gasteiger partial charge on any atom is 0.337 e. The van der Waals surface area contributed by atoms with Gasteiger partial charge in [-0.1, -0.05) is 23.7 Å². The second-order valence-corrected chi connectivity index (χ2v) is 5.65. The van der Waals surface area contributed by atoms with Crippen molar-refractivity contribution in [1.82, 2.24) is 4.90 Å². The quantitative estimate of drug-likeness (QED) is 0.797. The van der Waals surface area contributed by atoms with Gasteiger partial charge in [-0.15, -0.1) is 0 Å². The lowest BCUT2D eigenvalue weighted by Gasteiger charge is -2.25. The maximum absolute atomic E-state index is 12.6. The zero-order chi connectivity index (χ0) is 17.0. The van der Waals surface area contributed by atoms with Gasteiger partial charge in [0.05, 0.1) is 18.7 Å². The van der Waals surface area contributed by atoms with E-state index in [0.29, 0.717) is 16.1 Å². The number of hydrogen-bond acceptors (Lipinski definition) is 3. The number of carbonyl (C=O) groups is 2. The van der Waals surface area contributed by atoms with E-state index in [2.05, 4.69) is 4.74 Å². The molecule has 0 N–H and O–H groups in total. The van der Waals surface area contributed by atoms with Crippen molar-refractivity contribution >= 4 is 23.5 Å². The fourth-order valence-corrected chi connectivity index (χ4v) is 2.44. The van der Waals surface area contributed by atoms with E-state index >= 15 is 0 Å². The first-order valence-electron chi connectivity index (χ1n) is 7.15. The number of halogens is 1. The lowest BCUT2D eigenvalue weighted by Crippen LogP contribution is -2.29. The highest BCUT2D eigenvalue weighted by atomic mass is 35.5. The smallest absolute Gasteiger partial charge is 0.337 e. The number of rotatable bonds is 4. The average Bonchev–Trinajstić information content (AvgIpc) is 2.59. The van der Waals surface area contributed by atoms with Crippen LogP contribution in [0.4, 0.5) is 0 Å². The molecule has 0 saturated carbocycles. The molecule has 0 bridgehead atoms. The van der Waals surface area contributed by atoms with Crippen molar-refractivity contribution in [3.63, 3.8) is 0 Å². The highest BCUT2D eigenvalue weighted by Crippen LogP contribution is 2.23. The predicted octanol–water partition coefficient (Wildman–Crippen LogP) is 3.96. The molecule has 1 atom stereocenters. The Bertz CT molecular complexity index is 712. The summed E-state index contributed by atoms with van der Waals surface area (Å²) in [5, 5.41) is 0.637. The monoisotopic (exact) mass is 331 g/mol. The van der Waals surface area contributed by atoms with Crippen LogP contribution in [0.15, 0.2) is 48.5 Å². The SMILES string of the molecule is COC(=O)c1ccc(C(=O)N(C)C(C)c2cccc(Cl)c2)cc1. The molecule has 5 heteroatoms. The number of hydrogen-bond donors (Lipinski definition) is 0. The van der Waals surface area contributed by atoms with Crippen LogP contribution in [0.5, 0.6) is 0 Å². The molecule has 1 unspecified atom stereocenters. The Morgan fingerprint density at radius 2 is 1.70 bits per heavy atom. The van der Waals surface area contributed by atoms with Gasteiger partial charge >= 0.3 is 5.97 Å². The van der Waals surface area contributed by atoms with E-state index in [0.717, 1.165) is 5.56 Å². The van der Waals surface area contributed by atoms with Crippen LogP contribution < -0.4 is 0 Å². The van der Waals surface area contributed by atoms with E-state index < -0.39 is 5.97 Å². The Kier molecular flexibility index (Phi) is 5.40. The Labute approximate surface area is 140 Å². The second kappa shape index (κ2) is 7.29. The number of amides is 1. The number of carbonyl (C=O) groups excluding carboxylic acids is 2. The summed E-state index contributed by atoms with van der Waals surface area (Å²) in [4.78, 5) is 25.6. The molecule has 120 valence electrons. The Morgan fingerprint density at radius 1 is 1.09 bits per heavy atom. The minimum atomic E-state index is -0.426. The molecule has 0 heterocycles. The summed E-state index contributed by atoms with van der Waals surface area (Å²) in [6.45, 7) is 1.94. The molecule has 0 aliphatic heterocycles. The van der Waals surface area contributed by atoms with Gasteiger partial charge in [0, 0.05) is 17.6 Å². The van der Waals surface area contributed by atoms with Gasteiger partial charge < -0.3 is 9.64 Å². The van der Waals surface area contributed by atoms with Crippen molar-refractivity contribution in [2.75, 3.05) is 14.2 Å². The maximum atomic E-state index is 12.6. The summed E-state index contributed by atoms with van der Waals surface area (Å²) in [5.74, 6) is -0.557. The van der Waals surface area contributed by atoms with Crippen molar-refractivity contribution in [1.29, 1.82) is 0 Å². The molecule has 2 rings (SSSR count). The van der Waals surface area contributed by atoms with Crippen molar-refractivity contribution in [3.8, 4) is 0 Å². The summed E-state index contributed by atoms with van der Waals surface area (Å²) in [6, 6.07) is 13.7. The van der Waals surface area contributed by atoms with Gasteiger partial charge in [0.25, 0.3) is 5.91 Å². The standard InChI is InChI=1S/C18H18ClNO3/c1-12(15-5-4-6-16(19)11-15)20(2)17(21)13-7-9-14(10-8-13)18(22)23-3/h4-12H,1-3H3. The van der Waals surface area contributed by atoms with Crippen molar-refractivity contribution in [2.45, 2.75) is 13.0 Å². The molecule has 0 saturated heterocycles. The number of esters is 1. The van der Waals surface area contributed by atoms with Crippen molar-refractivity contribution in [2.24, 2.45) is 0 Å². The lowest BCUT2D eigenvalue weighted by molar-refractivity contribution is 0.0599. The number of methoxy groups -OCH3 is 1. The van der Waals surface area contributed by atoms with Gasteiger partial charge in [-0.05, 0) is 48.9 Å². The molecule has 0 aromatic heterocycles. The van der Waals surface area contributed by atoms with Crippen LogP contribution in [0.1, 0.15) is 39.2 Å². The highest BCUT2D eigenvalue weighted by Gasteiger charge is 2.19. The van der Waals surface area contributed by atoms with E-state index in [1.165, 1.54) is 7.11 Å². The minimum absolute atomic E-state index is 0.124. The summed E-state index contributed by atoms with van der Waals surface area (Å²) in [7, 11) is 3.06. The molecule has 0 spiro atoms. The summed E-state index contributed by atoms with van der Waals surface area (Å²) >= 11 is 6.00. The molecule has 0 aliphatic carbocycles. The van der Waals surface area contributed by atoms with E-state index in [-0.39, 0.29) is 11.9 Å². The topological polar surface area (TPSA) is 46.6 Å². The number of nitrogens with zero attached hydrogens (tertiary/aromatic N) is 1. The first-order chi connectivity index (χ1) is 10.9. The van der Waals surface area contributed by atoms with Crippen LogP contribution in [-0.4, -0.2) is 30.9 Å². The third-order valence-corrected chi connectivity index (χ3v) is 4.02. The van der Waals surface area contributed by atoms with Crippen molar-refractivity contribution < 1.29 is 14.3 Å². The van der Waals surface area contributed by atoms with Crippen LogP contribution in [0.25, 0.3) is 0 Å². The average molecular weight is 332 g/mol. The fourth-order valence-electron chi connectivity index (χ4n) is 2.24. The van der Waals surface area contributed by atoms with E-state index in [1.807, 2.05) is 25.1 Å². The number of benzene rings is 2. The summed E-state index contributed by atoms with van der Waals surface area (Å²) in [6.07, 6.45) is 0. The van der Waals surface area contributed by atoms with Gasteiger partial charge in [-0.3, -0.25) is 4.79 Å². The normalized spacial score (nSPS) is 11.7. The van der Waals surface area contributed by atoms with Crippen LogP contribution in [0.2, 0.25) is 5.02 Å².